The second-order valence-electron chi connectivity index (χ2n) is 6.96. The molecule has 1 aliphatic heterocycles. The van der Waals surface area contributed by atoms with Crippen molar-refractivity contribution < 1.29 is 27.5 Å². The van der Waals surface area contributed by atoms with Gasteiger partial charge in [-0.05, 0) is 42.8 Å². The SMILES string of the molecule is C[C@]12C(=O)N(c3cc(Cl)cc(Cl)c3)C(=O)C1C2c1ccc(OC(F)(F)F)cc1. The Labute approximate surface area is 167 Å². The first-order chi connectivity index (χ1) is 13.0. The van der Waals surface area contributed by atoms with E-state index < -0.39 is 23.6 Å². The molecule has 2 aromatic carbocycles. The lowest BCUT2D eigenvalue weighted by molar-refractivity contribution is -0.274. The van der Waals surface area contributed by atoms with Crippen molar-refractivity contribution >= 4 is 40.7 Å². The predicted molar refractivity (Wildman–Crippen MR) is 96.4 cm³/mol. The highest BCUT2D eigenvalue weighted by Crippen LogP contribution is 2.70. The molecule has 3 atom stereocenters. The highest BCUT2D eigenvalue weighted by molar-refractivity contribution is 6.36. The number of piperidine rings is 1. The first-order valence-electron chi connectivity index (χ1n) is 8.22. The molecule has 4 nitrogen and oxygen atoms in total. The Hall–Kier alpha value is -2.25. The van der Waals surface area contributed by atoms with E-state index >= 15 is 0 Å². The van der Waals surface area contributed by atoms with Gasteiger partial charge < -0.3 is 4.74 Å². The van der Waals surface area contributed by atoms with E-state index in [2.05, 4.69) is 4.74 Å². The highest BCUT2D eigenvalue weighted by Gasteiger charge is 2.77. The number of halogens is 5. The molecule has 2 amide bonds. The molecular weight excluding hydrogens is 418 g/mol. The van der Waals surface area contributed by atoms with Crippen LogP contribution in [0.5, 0.6) is 5.75 Å². The van der Waals surface area contributed by atoms with Crippen LogP contribution in [0.25, 0.3) is 0 Å². The number of rotatable bonds is 3. The van der Waals surface area contributed by atoms with E-state index in [0.717, 1.165) is 4.90 Å². The van der Waals surface area contributed by atoms with Crippen LogP contribution in [-0.4, -0.2) is 18.2 Å². The summed E-state index contributed by atoms with van der Waals surface area (Å²) in [6.07, 6.45) is -4.78. The van der Waals surface area contributed by atoms with Gasteiger partial charge in [0, 0.05) is 16.0 Å². The van der Waals surface area contributed by atoms with E-state index in [4.69, 9.17) is 23.2 Å². The van der Waals surface area contributed by atoms with Crippen LogP contribution >= 0.6 is 23.2 Å². The Bertz CT molecular complexity index is 973. The Morgan fingerprint density at radius 1 is 1.00 bits per heavy atom. The van der Waals surface area contributed by atoms with Crippen molar-refractivity contribution in [3.05, 3.63) is 58.1 Å². The van der Waals surface area contributed by atoms with Crippen molar-refractivity contribution in [2.45, 2.75) is 19.2 Å². The first-order valence-corrected chi connectivity index (χ1v) is 8.98. The van der Waals surface area contributed by atoms with Gasteiger partial charge in [0.15, 0.2) is 0 Å². The normalized spacial score (nSPS) is 26.4. The summed E-state index contributed by atoms with van der Waals surface area (Å²) in [7, 11) is 0. The molecule has 2 fully saturated rings. The number of ether oxygens (including phenoxy) is 1. The van der Waals surface area contributed by atoms with Gasteiger partial charge in [0.1, 0.15) is 5.75 Å². The highest BCUT2D eigenvalue weighted by atomic mass is 35.5. The Kier molecular flexibility index (Phi) is 4.17. The number of hydrogen-bond donors (Lipinski definition) is 0. The molecule has 146 valence electrons. The maximum atomic E-state index is 13.0. The van der Waals surface area contributed by atoms with Gasteiger partial charge in [0.25, 0.3) is 0 Å². The molecule has 1 aliphatic carbocycles. The molecule has 2 aliphatic rings. The number of carbonyl (C=O) groups is 2. The van der Waals surface area contributed by atoms with Crippen molar-refractivity contribution in [3.63, 3.8) is 0 Å². The molecule has 0 N–H and O–H groups in total. The molecule has 0 aromatic heterocycles. The van der Waals surface area contributed by atoms with Crippen LogP contribution in [0.3, 0.4) is 0 Å². The number of alkyl halides is 3. The molecule has 4 rings (SSSR count). The van der Waals surface area contributed by atoms with Gasteiger partial charge in [-0.1, -0.05) is 35.3 Å². The van der Waals surface area contributed by atoms with E-state index in [0.29, 0.717) is 21.3 Å². The van der Waals surface area contributed by atoms with Gasteiger partial charge >= 0.3 is 6.36 Å². The lowest BCUT2D eigenvalue weighted by Gasteiger charge is -2.21. The minimum Gasteiger partial charge on any atom is -0.406 e. The number of hydrogen-bond acceptors (Lipinski definition) is 3. The van der Waals surface area contributed by atoms with Crippen molar-refractivity contribution in [1.82, 2.24) is 0 Å². The average molecular weight is 430 g/mol. The molecule has 1 saturated heterocycles. The summed E-state index contributed by atoms with van der Waals surface area (Å²) < 4.78 is 40.7. The molecule has 2 aromatic rings. The molecular formula is C19H12Cl2F3NO3. The maximum absolute atomic E-state index is 13.0. The molecule has 1 saturated carbocycles. The number of carbonyl (C=O) groups excluding carboxylic acids is 2. The Morgan fingerprint density at radius 2 is 1.57 bits per heavy atom. The van der Waals surface area contributed by atoms with E-state index in [9.17, 15) is 22.8 Å². The second-order valence-corrected chi connectivity index (χ2v) is 7.83. The number of amides is 2. The summed E-state index contributed by atoms with van der Waals surface area (Å²) in [6, 6.07) is 9.68. The molecule has 0 radical (unpaired) electrons. The molecule has 1 heterocycles. The van der Waals surface area contributed by atoms with Crippen molar-refractivity contribution in [3.8, 4) is 5.75 Å². The third kappa shape index (κ3) is 2.93. The third-order valence-electron chi connectivity index (χ3n) is 5.25. The standard InChI is InChI=1S/C19H12Cl2F3NO3/c1-18-14(9-2-4-13(5-3-9)28-19(22,23)24)15(18)16(26)25(17(18)27)12-7-10(20)6-11(21)8-12/h2-8,14-15H,1H3/t14?,15?,18-/m1/s1. The van der Waals surface area contributed by atoms with Crippen LogP contribution in [0.1, 0.15) is 18.4 Å². The Morgan fingerprint density at radius 3 is 2.04 bits per heavy atom. The van der Waals surface area contributed by atoms with Crippen LogP contribution in [-0.2, 0) is 9.59 Å². The maximum Gasteiger partial charge on any atom is 0.573 e. The fraction of sp³-hybridized carbons (Fsp3) is 0.263. The second kappa shape index (κ2) is 6.12. The zero-order valence-electron chi connectivity index (χ0n) is 14.3. The van der Waals surface area contributed by atoms with Crippen LogP contribution < -0.4 is 9.64 Å². The first kappa shape index (κ1) is 19.1. The summed E-state index contributed by atoms with van der Waals surface area (Å²) in [5.41, 5.74) is -0.0562. The smallest absolute Gasteiger partial charge is 0.406 e. The fourth-order valence-corrected chi connectivity index (χ4v) is 4.50. The molecule has 0 spiro atoms. The summed E-state index contributed by atoms with van der Waals surface area (Å²) in [4.78, 5) is 26.9. The summed E-state index contributed by atoms with van der Waals surface area (Å²) in [6.45, 7) is 1.68. The van der Waals surface area contributed by atoms with Gasteiger partial charge in [0.05, 0.1) is 17.0 Å². The fourth-order valence-electron chi connectivity index (χ4n) is 3.99. The number of benzene rings is 2. The van der Waals surface area contributed by atoms with Crippen LogP contribution in [0.2, 0.25) is 10.0 Å². The number of fused-ring (bicyclic) bond motifs is 1. The van der Waals surface area contributed by atoms with Gasteiger partial charge in [-0.2, -0.15) is 0 Å². The van der Waals surface area contributed by atoms with Crippen molar-refractivity contribution in [2.24, 2.45) is 11.3 Å². The van der Waals surface area contributed by atoms with Crippen molar-refractivity contribution in [1.29, 1.82) is 0 Å². The minimum atomic E-state index is -4.78. The van der Waals surface area contributed by atoms with Gasteiger partial charge in [-0.3, -0.25) is 9.59 Å². The summed E-state index contributed by atoms with van der Waals surface area (Å²) >= 11 is 11.9. The molecule has 2 unspecified atom stereocenters. The van der Waals surface area contributed by atoms with E-state index in [1.807, 2.05) is 0 Å². The molecule has 28 heavy (non-hydrogen) atoms. The third-order valence-corrected chi connectivity index (χ3v) is 5.68. The number of nitrogens with zero attached hydrogens (tertiary/aromatic N) is 1. The van der Waals surface area contributed by atoms with Gasteiger partial charge in [0.2, 0.25) is 11.8 Å². The Balaban J connectivity index is 1.59. The molecule has 9 heteroatoms. The van der Waals surface area contributed by atoms with Crippen molar-refractivity contribution in [2.75, 3.05) is 4.90 Å². The van der Waals surface area contributed by atoms with E-state index in [1.165, 1.54) is 42.5 Å². The van der Waals surface area contributed by atoms with Crippen LogP contribution in [0.15, 0.2) is 42.5 Å². The largest absolute Gasteiger partial charge is 0.573 e. The zero-order chi connectivity index (χ0) is 20.4. The summed E-state index contributed by atoms with van der Waals surface area (Å²) in [5, 5.41) is 0.594. The lowest BCUT2D eigenvalue weighted by Crippen LogP contribution is -2.36. The topological polar surface area (TPSA) is 46.6 Å². The number of anilines is 1. The predicted octanol–water partition coefficient (Wildman–Crippen LogP) is 5.19. The zero-order valence-corrected chi connectivity index (χ0v) is 15.8. The van der Waals surface area contributed by atoms with E-state index in [-0.39, 0.29) is 17.6 Å². The lowest BCUT2D eigenvalue weighted by atomic mass is 9.99. The quantitative estimate of drug-likeness (QED) is 0.631. The monoisotopic (exact) mass is 429 g/mol. The minimum absolute atomic E-state index is 0.297. The number of imide groups is 1. The van der Waals surface area contributed by atoms with Gasteiger partial charge in [-0.25, -0.2) is 4.90 Å². The summed E-state index contributed by atoms with van der Waals surface area (Å²) in [5.74, 6) is -2.13. The van der Waals surface area contributed by atoms with E-state index in [1.54, 1.807) is 6.92 Å². The van der Waals surface area contributed by atoms with Crippen LogP contribution in [0.4, 0.5) is 18.9 Å². The van der Waals surface area contributed by atoms with Crippen LogP contribution in [0, 0.1) is 11.3 Å². The molecule has 0 bridgehead atoms. The van der Waals surface area contributed by atoms with Gasteiger partial charge in [-0.15, -0.1) is 13.2 Å². The average Bonchev–Trinajstić information content (AvgIpc) is 3.14.